The van der Waals surface area contributed by atoms with Gasteiger partial charge in [0, 0.05) is 13.1 Å². The van der Waals surface area contributed by atoms with Gasteiger partial charge in [0.1, 0.15) is 0 Å². The lowest BCUT2D eigenvalue weighted by atomic mass is 9.68. The summed E-state index contributed by atoms with van der Waals surface area (Å²) in [6, 6.07) is 0. The highest BCUT2D eigenvalue weighted by atomic mass is 16.6. The number of nitrogens with zero attached hydrogens (tertiary/aromatic N) is 1. The van der Waals surface area contributed by atoms with Gasteiger partial charge in [-0.1, -0.05) is 18.1 Å². The van der Waals surface area contributed by atoms with Crippen LogP contribution in [-0.2, 0) is 4.74 Å². The maximum atomic E-state index is 9.92. The van der Waals surface area contributed by atoms with Gasteiger partial charge in [0.15, 0.2) is 0 Å². The highest BCUT2D eigenvalue weighted by Gasteiger charge is 2.30. The smallest absolute Gasteiger partial charge is 0.427 e. The van der Waals surface area contributed by atoms with Crippen molar-refractivity contribution in [1.82, 2.24) is 4.90 Å². The third-order valence-corrected chi connectivity index (χ3v) is 3.34. The highest BCUT2D eigenvalue weighted by Crippen LogP contribution is 2.24. The molecule has 0 saturated carbocycles. The molecule has 5 nitrogen and oxygen atoms in total. The Morgan fingerprint density at radius 2 is 2.15 bits per heavy atom. The Bertz CT molecular complexity index is 381. The Morgan fingerprint density at radius 3 is 2.70 bits per heavy atom. The summed E-state index contributed by atoms with van der Waals surface area (Å²) in [6.45, 7) is 3.38. The molecule has 1 atom stereocenters. The molecule has 20 heavy (non-hydrogen) atoms. The predicted molar refractivity (Wildman–Crippen MR) is 78.4 cm³/mol. The molecule has 0 aromatic carbocycles. The van der Waals surface area contributed by atoms with Gasteiger partial charge in [0.25, 0.3) is 0 Å². The van der Waals surface area contributed by atoms with E-state index in [9.17, 15) is 5.11 Å². The van der Waals surface area contributed by atoms with Crippen LogP contribution in [0.2, 0.25) is 5.82 Å². The Morgan fingerprint density at radius 1 is 1.50 bits per heavy atom. The van der Waals surface area contributed by atoms with Crippen molar-refractivity contribution in [3.8, 4) is 12.3 Å². The minimum absolute atomic E-state index is 0.117. The van der Waals surface area contributed by atoms with Crippen molar-refractivity contribution in [1.29, 1.82) is 0 Å². The van der Waals surface area contributed by atoms with Gasteiger partial charge in [0.2, 0.25) is 6.41 Å². The maximum Gasteiger partial charge on any atom is 0.454 e. The Balaban J connectivity index is 2.30. The second-order valence-corrected chi connectivity index (χ2v) is 4.96. The molecule has 1 aliphatic heterocycles. The normalized spacial score (nSPS) is 20.1. The lowest BCUT2D eigenvalue weighted by molar-refractivity contribution is -0.192. The van der Waals surface area contributed by atoms with E-state index in [1.807, 2.05) is 13.0 Å². The van der Waals surface area contributed by atoms with Gasteiger partial charge in [-0.25, -0.2) is 0 Å². The number of rotatable bonds is 6. The number of hydrogen-bond acceptors (Lipinski definition) is 5. The Labute approximate surface area is 120 Å². The standard InChI is InChI=1S/C14H22BNO4/c1-3-4-5-6-12(2)11-20-14(17)16-9-7-13(8-10-16)15(18)19/h1,4-6,13-14,17-19H,7-11H2,2H3/b5-4-,12-6+. The molecule has 6 heteroatoms. The van der Waals surface area contributed by atoms with E-state index in [1.165, 1.54) is 0 Å². The average Bonchev–Trinajstić information content (AvgIpc) is 2.45. The molecule has 0 aliphatic carbocycles. The van der Waals surface area contributed by atoms with Crippen molar-refractivity contribution in [3.63, 3.8) is 0 Å². The SMILES string of the molecule is C#C/C=C\C=C(/C)COC(O)N1CCC(B(O)O)CC1. The molecule has 0 radical (unpaired) electrons. The summed E-state index contributed by atoms with van der Waals surface area (Å²) in [4.78, 5) is 1.78. The summed E-state index contributed by atoms with van der Waals surface area (Å²) in [5, 5.41) is 28.1. The van der Waals surface area contributed by atoms with Crippen molar-refractivity contribution < 1.29 is 19.9 Å². The molecule has 0 spiro atoms. The fourth-order valence-corrected chi connectivity index (χ4v) is 2.07. The first-order chi connectivity index (χ1) is 9.54. The summed E-state index contributed by atoms with van der Waals surface area (Å²) in [6.07, 6.45) is 10.6. The molecule has 1 saturated heterocycles. The van der Waals surface area contributed by atoms with Gasteiger partial charge in [0.05, 0.1) is 6.61 Å². The summed E-state index contributed by atoms with van der Waals surface area (Å²) < 4.78 is 5.37. The minimum Gasteiger partial charge on any atom is -0.427 e. The van der Waals surface area contributed by atoms with Crippen molar-refractivity contribution in [2.75, 3.05) is 19.7 Å². The van der Waals surface area contributed by atoms with Crippen LogP contribution in [-0.4, -0.2) is 53.3 Å². The fraction of sp³-hybridized carbons (Fsp3) is 0.571. The van der Waals surface area contributed by atoms with E-state index >= 15 is 0 Å². The number of allylic oxidation sites excluding steroid dienone is 3. The van der Waals surface area contributed by atoms with Crippen LogP contribution in [0.3, 0.4) is 0 Å². The number of aliphatic hydroxyl groups excluding tert-OH is 1. The number of aliphatic hydroxyl groups is 1. The van der Waals surface area contributed by atoms with Crippen molar-refractivity contribution >= 4 is 7.12 Å². The molecule has 0 bridgehead atoms. The van der Waals surface area contributed by atoms with Crippen LogP contribution in [0.1, 0.15) is 19.8 Å². The molecule has 0 aromatic rings. The van der Waals surface area contributed by atoms with E-state index in [1.54, 1.807) is 17.1 Å². The van der Waals surface area contributed by atoms with E-state index in [0.29, 0.717) is 32.5 Å². The van der Waals surface area contributed by atoms with Gasteiger partial charge in [-0.2, -0.15) is 0 Å². The number of ether oxygens (including phenoxy) is 1. The zero-order valence-electron chi connectivity index (χ0n) is 11.8. The Hall–Kier alpha value is -1.10. The molecular formula is C14H22BNO4. The average molecular weight is 279 g/mol. The highest BCUT2D eigenvalue weighted by molar-refractivity contribution is 6.43. The van der Waals surface area contributed by atoms with Crippen molar-refractivity contribution in [2.24, 2.45) is 0 Å². The van der Waals surface area contributed by atoms with E-state index in [4.69, 9.17) is 21.2 Å². The largest absolute Gasteiger partial charge is 0.454 e. The van der Waals surface area contributed by atoms with Crippen LogP contribution in [0.4, 0.5) is 0 Å². The first kappa shape index (κ1) is 17.0. The third kappa shape index (κ3) is 5.91. The lowest BCUT2D eigenvalue weighted by Gasteiger charge is -2.34. The van der Waals surface area contributed by atoms with Crippen LogP contribution < -0.4 is 0 Å². The van der Waals surface area contributed by atoms with Gasteiger partial charge in [-0.3, -0.25) is 4.90 Å². The molecule has 110 valence electrons. The quantitative estimate of drug-likeness (QED) is 0.283. The maximum absolute atomic E-state index is 9.92. The monoisotopic (exact) mass is 279 g/mol. The lowest BCUT2D eigenvalue weighted by Crippen LogP contribution is -2.44. The first-order valence-corrected chi connectivity index (χ1v) is 6.73. The second-order valence-electron chi connectivity index (χ2n) is 4.96. The van der Waals surface area contributed by atoms with Gasteiger partial charge in [-0.15, -0.1) is 6.42 Å². The van der Waals surface area contributed by atoms with E-state index < -0.39 is 13.5 Å². The molecule has 1 unspecified atom stereocenters. The molecule has 1 aliphatic rings. The summed E-state index contributed by atoms with van der Waals surface area (Å²) in [5.74, 6) is 2.27. The Kier molecular flexibility index (Phi) is 7.59. The molecule has 1 heterocycles. The van der Waals surface area contributed by atoms with Gasteiger partial charge < -0.3 is 19.9 Å². The number of piperidine rings is 1. The van der Waals surface area contributed by atoms with Crippen LogP contribution in [0.25, 0.3) is 0 Å². The molecule has 0 amide bonds. The number of likely N-dealkylation sites (tertiary alicyclic amines) is 1. The van der Waals surface area contributed by atoms with Crippen LogP contribution in [0.15, 0.2) is 23.8 Å². The topological polar surface area (TPSA) is 73.2 Å². The van der Waals surface area contributed by atoms with Crippen LogP contribution >= 0.6 is 0 Å². The first-order valence-electron chi connectivity index (χ1n) is 6.73. The zero-order valence-corrected chi connectivity index (χ0v) is 11.8. The van der Waals surface area contributed by atoms with Gasteiger partial charge >= 0.3 is 7.12 Å². The second kappa shape index (κ2) is 8.95. The molecule has 1 fully saturated rings. The van der Waals surface area contributed by atoms with Crippen LogP contribution in [0, 0.1) is 12.3 Å². The summed E-state index contributed by atoms with van der Waals surface area (Å²) >= 11 is 0. The molecule has 0 aromatic heterocycles. The minimum atomic E-state index is -1.27. The number of hydrogen-bond donors (Lipinski definition) is 3. The summed E-state index contributed by atoms with van der Waals surface area (Å²) in [5.41, 5.74) is 0.955. The number of terminal acetylenes is 1. The summed E-state index contributed by atoms with van der Waals surface area (Å²) in [7, 11) is -1.27. The van der Waals surface area contributed by atoms with E-state index in [-0.39, 0.29) is 5.82 Å². The van der Waals surface area contributed by atoms with Crippen LogP contribution in [0.5, 0.6) is 0 Å². The van der Waals surface area contributed by atoms with Crippen molar-refractivity contribution in [3.05, 3.63) is 23.8 Å². The van der Waals surface area contributed by atoms with E-state index in [0.717, 1.165) is 5.57 Å². The van der Waals surface area contributed by atoms with E-state index in [2.05, 4.69) is 5.92 Å². The molecule has 3 N–H and O–H groups in total. The van der Waals surface area contributed by atoms with Crippen molar-refractivity contribution in [2.45, 2.75) is 32.0 Å². The third-order valence-electron chi connectivity index (χ3n) is 3.34. The fourth-order valence-electron chi connectivity index (χ4n) is 2.07. The molecular weight excluding hydrogens is 257 g/mol. The molecule has 1 rings (SSSR count). The zero-order chi connectivity index (χ0) is 15.0. The van der Waals surface area contributed by atoms with Gasteiger partial charge in [-0.05, 0) is 37.2 Å². The predicted octanol–water partition coefficient (Wildman–Crippen LogP) is 0.353.